The molecule has 1 aromatic carbocycles. The van der Waals surface area contributed by atoms with Gasteiger partial charge in [0.05, 0.1) is 15.6 Å². The Morgan fingerprint density at radius 1 is 1.12 bits per heavy atom. The lowest BCUT2D eigenvalue weighted by Gasteiger charge is -1.91. The molecular formula is C12H6ClNO2S. The predicted molar refractivity (Wildman–Crippen MR) is 71.2 cm³/mol. The number of H-pyrrole nitrogens is 1. The summed E-state index contributed by atoms with van der Waals surface area (Å²) in [5.41, 5.74) is 0.0616. The number of hydrogen-bond donors (Lipinski definition) is 1. The average molecular weight is 264 g/mol. The van der Waals surface area contributed by atoms with Crippen molar-refractivity contribution in [2.75, 3.05) is 0 Å². The fourth-order valence-corrected chi connectivity index (χ4v) is 2.81. The van der Waals surface area contributed by atoms with Crippen LogP contribution in [0.1, 0.15) is 0 Å². The van der Waals surface area contributed by atoms with Crippen LogP contribution >= 0.6 is 22.9 Å². The lowest BCUT2D eigenvalue weighted by Crippen LogP contribution is -2.00. The van der Waals surface area contributed by atoms with Crippen molar-refractivity contribution in [1.82, 2.24) is 4.98 Å². The van der Waals surface area contributed by atoms with E-state index in [1.54, 1.807) is 29.6 Å². The monoisotopic (exact) mass is 263 g/mol. The SMILES string of the molecule is O=c1[nH]c2cc(Cl)ccc2c(=O)c2sccc12. The second-order valence-electron chi connectivity index (χ2n) is 3.64. The van der Waals surface area contributed by atoms with E-state index < -0.39 is 0 Å². The maximum atomic E-state index is 12.2. The molecule has 5 heteroatoms. The third kappa shape index (κ3) is 1.57. The van der Waals surface area contributed by atoms with Gasteiger partial charge in [0.15, 0.2) is 0 Å². The number of fused-ring (bicyclic) bond motifs is 2. The Bertz CT molecular complexity index is 850. The van der Waals surface area contributed by atoms with Gasteiger partial charge in [-0.15, -0.1) is 11.3 Å². The van der Waals surface area contributed by atoms with Gasteiger partial charge in [-0.2, -0.15) is 0 Å². The highest BCUT2D eigenvalue weighted by atomic mass is 35.5. The van der Waals surface area contributed by atoms with Crippen molar-refractivity contribution in [2.45, 2.75) is 0 Å². The summed E-state index contributed by atoms with van der Waals surface area (Å²) < 4.78 is 0.476. The molecule has 2 aromatic heterocycles. The third-order valence-corrected chi connectivity index (χ3v) is 3.74. The Morgan fingerprint density at radius 3 is 2.76 bits per heavy atom. The molecule has 0 aliphatic heterocycles. The Labute approximate surface area is 104 Å². The molecule has 1 N–H and O–H groups in total. The van der Waals surface area contributed by atoms with Crippen LogP contribution in [-0.4, -0.2) is 4.98 Å². The first-order valence-electron chi connectivity index (χ1n) is 4.90. The number of hydrogen-bond acceptors (Lipinski definition) is 3. The van der Waals surface area contributed by atoms with Crippen molar-refractivity contribution in [3.8, 4) is 0 Å². The van der Waals surface area contributed by atoms with Crippen LogP contribution in [0.2, 0.25) is 5.02 Å². The fourth-order valence-electron chi connectivity index (χ4n) is 1.79. The highest BCUT2D eigenvalue weighted by Crippen LogP contribution is 2.17. The van der Waals surface area contributed by atoms with Gasteiger partial charge < -0.3 is 4.98 Å². The Balaban J connectivity index is 2.74. The zero-order valence-electron chi connectivity index (χ0n) is 8.49. The first-order valence-corrected chi connectivity index (χ1v) is 6.15. The average Bonchev–Trinajstić information content (AvgIpc) is 2.74. The van der Waals surface area contributed by atoms with E-state index in [-0.39, 0.29) is 11.0 Å². The molecule has 3 rings (SSSR count). The van der Waals surface area contributed by atoms with Gasteiger partial charge in [0.2, 0.25) is 5.43 Å². The molecule has 3 aromatic rings. The lowest BCUT2D eigenvalue weighted by molar-refractivity contribution is 1.36. The standard InChI is InChI=1S/C12H6ClNO2S/c13-6-1-2-7-9(5-6)14-12(16)8-3-4-17-11(8)10(7)15/h1-5H,(H,14,16). The normalized spacial score (nSPS) is 11.1. The molecule has 0 aliphatic carbocycles. The van der Waals surface area contributed by atoms with Gasteiger partial charge in [0.1, 0.15) is 0 Å². The molecule has 0 radical (unpaired) electrons. The van der Waals surface area contributed by atoms with Gasteiger partial charge >= 0.3 is 0 Å². The van der Waals surface area contributed by atoms with Crippen molar-refractivity contribution in [3.63, 3.8) is 0 Å². The fraction of sp³-hybridized carbons (Fsp3) is 0. The van der Waals surface area contributed by atoms with Crippen LogP contribution in [0.3, 0.4) is 0 Å². The molecule has 0 spiro atoms. The second kappa shape index (κ2) is 3.68. The van der Waals surface area contributed by atoms with Crippen LogP contribution in [-0.2, 0) is 0 Å². The zero-order valence-corrected chi connectivity index (χ0v) is 10.1. The van der Waals surface area contributed by atoms with Crippen molar-refractivity contribution in [1.29, 1.82) is 0 Å². The Morgan fingerprint density at radius 2 is 1.94 bits per heavy atom. The zero-order chi connectivity index (χ0) is 12.0. The van der Waals surface area contributed by atoms with E-state index in [0.29, 0.717) is 26.0 Å². The van der Waals surface area contributed by atoms with Crippen molar-refractivity contribution < 1.29 is 0 Å². The molecule has 0 unspecified atom stereocenters. The summed E-state index contributed by atoms with van der Waals surface area (Å²) >= 11 is 7.13. The molecule has 2 heterocycles. The van der Waals surface area contributed by atoms with Crippen molar-refractivity contribution in [3.05, 3.63) is 55.2 Å². The summed E-state index contributed by atoms with van der Waals surface area (Å²) in [4.78, 5) is 26.8. The lowest BCUT2D eigenvalue weighted by atomic mass is 10.2. The summed E-state index contributed by atoms with van der Waals surface area (Å²) in [6, 6.07) is 6.52. The second-order valence-corrected chi connectivity index (χ2v) is 4.99. The number of aromatic nitrogens is 1. The maximum absolute atomic E-state index is 12.2. The van der Waals surface area contributed by atoms with E-state index in [0.717, 1.165) is 0 Å². The summed E-state index contributed by atoms with van der Waals surface area (Å²) in [5, 5.41) is 3.13. The highest BCUT2D eigenvalue weighted by molar-refractivity contribution is 7.17. The van der Waals surface area contributed by atoms with Gasteiger partial charge in [-0.3, -0.25) is 9.59 Å². The topological polar surface area (TPSA) is 49.9 Å². The van der Waals surface area contributed by atoms with E-state index >= 15 is 0 Å². The van der Waals surface area contributed by atoms with Gasteiger partial charge in [0.25, 0.3) is 5.56 Å². The Kier molecular flexibility index (Phi) is 2.28. The van der Waals surface area contributed by atoms with E-state index in [1.807, 2.05) is 0 Å². The van der Waals surface area contributed by atoms with E-state index in [2.05, 4.69) is 4.98 Å². The summed E-state index contributed by atoms with van der Waals surface area (Å²) in [6.45, 7) is 0. The summed E-state index contributed by atoms with van der Waals surface area (Å²) in [5.74, 6) is 0. The third-order valence-electron chi connectivity index (χ3n) is 2.59. The molecule has 3 nitrogen and oxygen atoms in total. The van der Waals surface area contributed by atoms with E-state index in [9.17, 15) is 9.59 Å². The number of benzene rings is 1. The van der Waals surface area contributed by atoms with Crippen LogP contribution in [0.4, 0.5) is 0 Å². The minimum absolute atomic E-state index is 0.139. The molecule has 0 saturated carbocycles. The summed E-state index contributed by atoms with van der Waals surface area (Å²) in [6.07, 6.45) is 0. The van der Waals surface area contributed by atoms with Gasteiger partial charge in [0, 0.05) is 10.4 Å². The highest BCUT2D eigenvalue weighted by Gasteiger charge is 2.07. The van der Waals surface area contributed by atoms with Gasteiger partial charge in [-0.05, 0) is 29.6 Å². The van der Waals surface area contributed by atoms with Gasteiger partial charge in [-0.1, -0.05) is 11.6 Å². The van der Waals surface area contributed by atoms with Crippen LogP contribution in [0, 0.1) is 0 Å². The molecule has 0 aliphatic rings. The van der Waals surface area contributed by atoms with Gasteiger partial charge in [-0.25, -0.2) is 0 Å². The molecule has 17 heavy (non-hydrogen) atoms. The minimum atomic E-state index is -0.268. The molecule has 0 fully saturated rings. The largest absolute Gasteiger partial charge is 0.321 e. The predicted octanol–water partition coefficient (Wildman–Crippen LogP) is 2.76. The molecule has 0 bridgehead atoms. The van der Waals surface area contributed by atoms with Crippen molar-refractivity contribution in [2.24, 2.45) is 0 Å². The molecule has 0 atom stereocenters. The van der Waals surface area contributed by atoms with Crippen LogP contribution < -0.4 is 11.0 Å². The Hall–Kier alpha value is -1.65. The maximum Gasteiger partial charge on any atom is 0.257 e. The van der Waals surface area contributed by atoms with Crippen LogP contribution in [0.25, 0.3) is 21.0 Å². The first kappa shape index (κ1) is 10.5. The van der Waals surface area contributed by atoms with Crippen LogP contribution in [0.15, 0.2) is 39.2 Å². The number of aromatic amines is 1. The minimum Gasteiger partial charge on any atom is -0.321 e. The van der Waals surface area contributed by atoms with Crippen molar-refractivity contribution >= 4 is 43.9 Å². The number of halogens is 1. The molecular weight excluding hydrogens is 258 g/mol. The quantitative estimate of drug-likeness (QED) is 0.678. The van der Waals surface area contributed by atoms with Crippen LogP contribution in [0.5, 0.6) is 0 Å². The van der Waals surface area contributed by atoms with E-state index in [1.165, 1.54) is 11.3 Å². The molecule has 84 valence electrons. The smallest absolute Gasteiger partial charge is 0.257 e. The molecule has 0 saturated heterocycles. The first-order chi connectivity index (χ1) is 8.16. The molecule has 0 amide bonds. The number of nitrogens with one attached hydrogen (secondary N) is 1. The summed E-state index contributed by atoms with van der Waals surface area (Å²) in [7, 11) is 0. The number of thiophene rings is 1. The van der Waals surface area contributed by atoms with E-state index in [4.69, 9.17) is 11.6 Å². The number of rotatable bonds is 0.